The number of benzene rings is 1. The molecule has 0 unspecified atom stereocenters. The number of halogens is 1. The molecule has 0 fully saturated rings. The van der Waals surface area contributed by atoms with Gasteiger partial charge in [0.05, 0.1) is 5.69 Å². The smallest absolute Gasteiger partial charge is 0.320 e. The number of amides is 1. The van der Waals surface area contributed by atoms with Gasteiger partial charge in [0, 0.05) is 24.0 Å². The molecule has 23 heavy (non-hydrogen) atoms. The summed E-state index contributed by atoms with van der Waals surface area (Å²) in [5, 5.41) is 3.17. The van der Waals surface area contributed by atoms with Crippen molar-refractivity contribution in [1.82, 2.24) is 14.5 Å². The van der Waals surface area contributed by atoms with Gasteiger partial charge in [-0.05, 0) is 24.6 Å². The standard InChI is InChI=1S/C16H18ClN3O3/c1-2-3-7-18-14(21)11-19-8-9-20(16(23)15(19)22)13-6-4-5-12(17)10-13/h4-6,8-10H,2-3,7,11H2,1H3,(H,18,21). The fraction of sp³-hybridized carbons (Fsp3) is 0.312. The molecule has 0 atom stereocenters. The van der Waals surface area contributed by atoms with Crippen molar-refractivity contribution in [2.24, 2.45) is 0 Å². The number of nitrogens with one attached hydrogen (secondary N) is 1. The molecule has 2 aromatic rings. The van der Waals surface area contributed by atoms with Gasteiger partial charge in [0.2, 0.25) is 5.91 Å². The van der Waals surface area contributed by atoms with Crippen LogP contribution in [0.25, 0.3) is 5.69 Å². The second kappa shape index (κ2) is 7.78. The molecule has 0 aliphatic heterocycles. The highest BCUT2D eigenvalue weighted by molar-refractivity contribution is 6.30. The average molecular weight is 336 g/mol. The molecule has 0 aliphatic rings. The van der Waals surface area contributed by atoms with E-state index in [9.17, 15) is 14.4 Å². The third kappa shape index (κ3) is 4.32. The lowest BCUT2D eigenvalue weighted by Crippen LogP contribution is -2.42. The van der Waals surface area contributed by atoms with Crippen LogP contribution in [-0.2, 0) is 11.3 Å². The van der Waals surface area contributed by atoms with Crippen molar-refractivity contribution < 1.29 is 4.79 Å². The second-order valence-corrected chi connectivity index (χ2v) is 5.53. The number of hydrogen-bond acceptors (Lipinski definition) is 3. The summed E-state index contributed by atoms with van der Waals surface area (Å²) in [7, 11) is 0. The van der Waals surface area contributed by atoms with Crippen molar-refractivity contribution >= 4 is 17.5 Å². The van der Waals surface area contributed by atoms with Gasteiger partial charge in [-0.15, -0.1) is 0 Å². The lowest BCUT2D eigenvalue weighted by molar-refractivity contribution is -0.121. The zero-order valence-electron chi connectivity index (χ0n) is 12.8. The molecule has 6 nitrogen and oxygen atoms in total. The Morgan fingerprint density at radius 1 is 1.22 bits per heavy atom. The van der Waals surface area contributed by atoms with Crippen LogP contribution in [0.2, 0.25) is 5.02 Å². The Labute approximate surface area is 138 Å². The average Bonchev–Trinajstić information content (AvgIpc) is 2.52. The number of rotatable bonds is 6. The number of unbranched alkanes of at least 4 members (excludes halogenated alkanes) is 1. The summed E-state index contributed by atoms with van der Waals surface area (Å²) < 4.78 is 2.31. The molecule has 2 rings (SSSR count). The minimum absolute atomic E-state index is 0.172. The first kappa shape index (κ1) is 17.0. The highest BCUT2D eigenvalue weighted by Crippen LogP contribution is 2.12. The molecule has 1 aromatic heterocycles. The lowest BCUT2D eigenvalue weighted by atomic mass is 10.3. The SMILES string of the molecule is CCCCNC(=O)Cn1ccn(-c2cccc(Cl)c2)c(=O)c1=O. The largest absolute Gasteiger partial charge is 0.355 e. The summed E-state index contributed by atoms with van der Waals surface area (Å²) in [6.07, 6.45) is 4.71. The number of nitrogens with zero attached hydrogens (tertiary/aromatic N) is 2. The van der Waals surface area contributed by atoms with Gasteiger partial charge in [-0.25, -0.2) is 0 Å². The normalized spacial score (nSPS) is 10.5. The fourth-order valence-electron chi connectivity index (χ4n) is 2.08. The number of aromatic nitrogens is 2. The molecule has 0 spiro atoms. The molecular weight excluding hydrogens is 318 g/mol. The molecule has 0 radical (unpaired) electrons. The Hall–Kier alpha value is -2.34. The second-order valence-electron chi connectivity index (χ2n) is 5.09. The molecule has 1 aromatic carbocycles. The van der Waals surface area contributed by atoms with Crippen molar-refractivity contribution in [3.63, 3.8) is 0 Å². The van der Waals surface area contributed by atoms with E-state index in [4.69, 9.17) is 11.6 Å². The maximum Gasteiger partial charge on any atom is 0.320 e. The van der Waals surface area contributed by atoms with Crippen LogP contribution in [-0.4, -0.2) is 21.6 Å². The van der Waals surface area contributed by atoms with E-state index in [1.54, 1.807) is 24.3 Å². The van der Waals surface area contributed by atoms with E-state index in [2.05, 4.69) is 5.32 Å². The maximum atomic E-state index is 12.2. The highest BCUT2D eigenvalue weighted by Gasteiger charge is 2.09. The van der Waals surface area contributed by atoms with Crippen molar-refractivity contribution in [2.75, 3.05) is 6.54 Å². The first-order chi connectivity index (χ1) is 11.0. The minimum Gasteiger partial charge on any atom is -0.355 e. The van der Waals surface area contributed by atoms with Gasteiger partial charge in [0.1, 0.15) is 6.54 Å². The number of carbonyl (C=O) groups is 1. The molecule has 7 heteroatoms. The lowest BCUT2D eigenvalue weighted by Gasteiger charge is -2.09. The zero-order chi connectivity index (χ0) is 16.8. The molecule has 0 saturated carbocycles. The summed E-state index contributed by atoms with van der Waals surface area (Å²) >= 11 is 5.90. The first-order valence-corrected chi connectivity index (χ1v) is 7.75. The molecule has 0 aliphatic carbocycles. The van der Waals surface area contributed by atoms with Crippen LogP contribution in [0.5, 0.6) is 0 Å². The van der Waals surface area contributed by atoms with Gasteiger partial charge in [0.25, 0.3) is 0 Å². The quantitative estimate of drug-likeness (QED) is 0.643. The van der Waals surface area contributed by atoms with E-state index in [0.717, 1.165) is 17.4 Å². The van der Waals surface area contributed by atoms with Gasteiger partial charge < -0.3 is 5.32 Å². The molecule has 0 saturated heterocycles. The van der Waals surface area contributed by atoms with Crippen LogP contribution in [0.3, 0.4) is 0 Å². The third-order valence-corrected chi connectivity index (χ3v) is 3.55. The first-order valence-electron chi connectivity index (χ1n) is 7.37. The van der Waals surface area contributed by atoms with Gasteiger partial charge in [-0.1, -0.05) is 31.0 Å². The summed E-state index contributed by atoms with van der Waals surface area (Å²) in [5.41, 5.74) is -0.978. The maximum absolute atomic E-state index is 12.2. The van der Waals surface area contributed by atoms with Gasteiger partial charge in [-0.2, -0.15) is 0 Å². The van der Waals surface area contributed by atoms with Crippen LogP contribution in [0, 0.1) is 0 Å². The van der Waals surface area contributed by atoms with E-state index in [-0.39, 0.29) is 12.5 Å². The van der Waals surface area contributed by atoms with Gasteiger partial charge >= 0.3 is 11.1 Å². The van der Waals surface area contributed by atoms with Crippen molar-refractivity contribution in [1.29, 1.82) is 0 Å². The molecule has 122 valence electrons. The Kier molecular flexibility index (Phi) is 5.76. The Morgan fingerprint density at radius 3 is 2.70 bits per heavy atom. The van der Waals surface area contributed by atoms with Gasteiger partial charge in [0.15, 0.2) is 0 Å². The molecule has 1 N–H and O–H groups in total. The van der Waals surface area contributed by atoms with Crippen LogP contribution in [0.15, 0.2) is 46.2 Å². The Balaban J connectivity index is 2.23. The van der Waals surface area contributed by atoms with Crippen molar-refractivity contribution in [3.05, 3.63) is 62.4 Å². The fourth-order valence-corrected chi connectivity index (χ4v) is 2.26. The van der Waals surface area contributed by atoms with Crippen LogP contribution in [0.4, 0.5) is 0 Å². The van der Waals surface area contributed by atoms with Gasteiger partial charge in [-0.3, -0.25) is 23.5 Å². The van der Waals surface area contributed by atoms with Crippen molar-refractivity contribution in [2.45, 2.75) is 26.3 Å². The molecular formula is C16H18ClN3O3. The highest BCUT2D eigenvalue weighted by atomic mass is 35.5. The van der Waals surface area contributed by atoms with Crippen LogP contribution in [0.1, 0.15) is 19.8 Å². The summed E-state index contributed by atoms with van der Waals surface area (Å²) in [4.78, 5) is 36.1. The van der Waals surface area contributed by atoms with Crippen LogP contribution < -0.4 is 16.4 Å². The van der Waals surface area contributed by atoms with E-state index < -0.39 is 11.1 Å². The van der Waals surface area contributed by atoms with E-state index in [1.807, 2.05) is 6.92 Å². The minimum atomic E-state index is -0.752. The topological polar surface area (TPSA) is 73.1 Å². The Morgan fingerprint density at radius 2 is 2.00 bits per heavy atom. The predicted molar refractivity (Wildman–Crippen MR) is 89.2 cm³/mol. The number of carbonyl (C=O) groups excluding carboxylic acids is 1. The van der Waals surface area contributed by atoms with E-state index in [1.165, 1.54) is 17.0 Å². The van der Waals surface area contributed by atoms with E-state index >= 15 is 0 Å². The molecule has 0 bridgehead atoms. The molecule has 1 heterocycles. The van der Waals surface area contributed by atoms with E-state index in [0.29, 0.717) is 17.3 Å². The van der Waals surface area contributed by atoms with Crippen LogP contribution >= 0.6 is 11.6 Å². The molecule has 1 amide bonds. The monoisotopic (exact) mass is 335 g/mol. The predicted octanol–water partition coefficient (Wildman–Crippen LogP) is 1.57. The summed E-state index contributed by atoms with van der Waals surface area (Å²) in [5.74, 6) is -0.291. The van der Waals surface area contributed by atoms with Crippen molar-refractivity contribution in [3.8, 4) is 5.69 Å². The summed E-state index contributed by atoms with van der Waals surface area (Å²) in [6.45, 7) is 2.41. The third-order valence-electron chi connectivity index (χ3n) is 3.31. The summed E-state index contributed by atoms with van der Waals surface area (Å²) in [6, 6.07) is 6.63. The number of hydrogen-bond donors (Lipinski definition) is 1. The Bertz CT molecular complexity index is 811. The zero-order valence-corrected chi connectivity index (χ0v) is 13.5.